The number of nitrogens with zero attached hydrogens (tertiary/aromatic N) is 6. The predicted molar refractivity (Wildman–Crippen MR) is 106 cm³/mol. The molecule has 0 bridgehead atoms. The Hall–Kier alpha value is -3.07. The van der Waals surface area contributed by atoms with E-state index in [1.54, 1.807) is 30.5 Å². The van der Waals surface area contributed by atoms with Crippen LogP contribution in [0.4, 0.5) is 10.2 Å². The number of anilines is 1. The van der Waals surface area contributed by atoms with Crippen LogP contribution in [-0.4, -0.2) is 55.2 Å². The zero-order chi connectivity index (χ0) is 20.2. The summed E-state index contributed by atoms with van der Waals surface area (Å²) in [5.74, 6) is 0.498. The van der Waals surface area contributed by atoms with E-state index in [2.05, 4.69) is 25.6 Å². The molecule has 0 spiro atoms. The maximum Gasteiger partial charge on any atom is 0.239 e. The quantitative estimate of drug-likeness (QED) is 0.690. The van der Waals surface area contributed by atoms with E-state index in [1.807, 2.05) is 17.8 Å². The average Bonchev–Trinajstić information content (AvgIpc) is 3.33. The number of carbonyl (C=O) groups is 1. The Kier molecular flexibility index (Phi) is 5.66. The van der Waals surface area contributed by atoms with Crippen LogP contribution in [0.2, 0.25) is 0 Å². The predicted octanol–water partition coefficient (Wildman–Crippen LogP) is 2.26. The molecule has 152 valence electrons. The molecule has 0 saturated carbocycles. The first-order valence-electron chi connectivity index (χ1n) is 9.76. The van der Waals surface area contributed by atoms with Gasteiger partial charge in [0.05, 0.1) is 18.4 Å². The fourth-order valence-electron chi connectivity index (χ4n) is 3.70. The largest absolute Gasteiger partial charge is 0.309 e. The normalized spacial score (nSPS) is 15.5. The average molecular weight is 397 g/mol. The van der Waals surface area contributed by atoms with Crippen molar-refractivity contribution in [3.05, 3.63) is 54.2 Å². The highest BCUT2D eigenvalue weighted by atomic mass is 19.1. The third-order valence-corrected chi connectivity index (χ3v) is 5.17. The molecule has 0 aliphatic carbocycles. The van der Waals surface area contributed by atoms with Crippen LogP contribution in [0.5, 0.6) is 0 Å². The van der Waals surface area contributed by atoms with Crippen LogP contribution >= 0.6 is 0 Å². The summed E-state index contributed by atoms with van der Waals surface area (Å²) in [5.41, 5.74) is 1.02. The molecule has 1 amide bonds. The van der Waals surface area contributed by atoms with E-state index in [0.717, 1.165) is 32.5 Å². The first kappa shape index (κ1) is 19.3. The lowest BCUT2D eigenvalue weighted by Crippen LogP contribution is -2.40. The zero-order valence-electron chi connectivity index (χ0n) is 16.3. The van der Waals surface area contributed by atoms with Gasteiger partial charge < -0.3 is 5.32 Å². The van der Waals surface area contributed by atoms with Gasteiger partial charge in [0.2, 0.25) is 5.91 Å². The van der Waals surface area contributed by atoms with Crippen molar-refractivity contribution in [3.63, 3.8) is 0 Å². The van der Waals surface area contributed by atoms with E-state index in [0.29, 0.717) is 29.7 Å². The second-order valence-electron chi connectivity index (χ2n) is 7.43. The van der Waals surface area contributed by atoms with Gasteiger partial charge >= 0.3 is 0 Å². The number of rotatable bonds is 6. The molecule has 1 aromatic carbocycles. The Morgan fingerprint density at radius 2 is 2.07 bits per heavy atom. The van der Waals surface area contributed by atoms with Gasteiger partial charge in [-0.25, -0.2) is 9.07 Å². The van der Waals surface area contributed by atoms with Crippen molar-refractivity contribution in [2.24, 2.45) is 5.92 Å². The molecule has 9 heteroatoms. The Balaban J connectivity index is 1.33. The van der Waals surface area contributed by atoms with Gasteiger partial charge in [-0.05, 0) is 50.9 Å². The summed E-state index contributed by atoms with van der Waals surface area (Å²) in [5, 5.41) is 15.1. The number of benzene rings is 1. The Bertz CT molecular complexity index is 961. The lowest BCUT2D eigenvalue weighted by atomic mass is 9.97. The fourth-order valence-corrected chi connectivity index (χ4v) is 3.70. The molecule has 1 fully saturated rings. The first-order chi connectivity index (χ1) is 14.1. The highest BCUT2D eigenvalue weighted by molar-refractivity contribution is 5.91. The number of hydrogen-bond donors (Lipinski definition) is 1. The molecule has 1 saturated heterocycles. The van der Waals surface area contributed by atoms with Gasteiger partial charge in [0.25, 0.3) is 0 Å². The summed E-state index contributed by atoms with van der Waals surface area (Å²) >= 11 is 0. The summed E-state index contributed by atoms with van der Waals surface area (Å²) < 4.78 is 17.5. The second-order valence-corrected chi connectivity index (χ2v) is 7.43. The number of para-hydroxylation sites is 1. The first-order valence-corrected chi connectivity index (χ1v) is 9.76. The maximum absolute atomic E-state index is 14.2. The molecular formula is C20H24FN7O. The molecule has 29 heavy (non-hydrogen) atoms. The standard InChI is InChI=1S/C20H24FN7O/c1-15-12-19(28(24-15)18-5-3-2-4-17(18)21)23-20(29)14-26-9-6-16(7-10-26)13-27-11-8-22-25-27/h2-5,8,11-12,16H,6-7,9-10,13-14H2,1H3,(H,23,29). The number of aryl methyl sites for hydroxylation is 1. The summed E-state index contributed by atoms with van der Waals surface area (Å²) in [6.07, 6.45) is 5.59. The molecule has 4 rings (SSSR count). The van der Waals surface area contributed by atoms with Gasteiger partial charge in [0.1, 0.15) is 17.3 Å². The Morgan fingerprint density at radius 1 is 1.28 bits per heavy atom. The minimum atomic E-state index is -0.388. The van der Waals surface area contributed by atoms with Crippen LogP contribution in [0, 0.1) is 18.7 Å². The molecule has 1 aliphatic heterocycles. The summed E-state index contributed by atoms with van der Waals surface area (Å²) in [7, 11) is 0. The zero-order valence-corrected chi connectivity index (χ0v) is 16.3. The monoisotopic (exact) mass is 397 g/mol. The molecule has 3 heterocycles. The van der Waals surface area contributed by atoms with Crippen LogP contribution in [0.1, 0.15) is 18.5 Å². The summed E-state index contributed by atoms with van der Waals surface area (Å²) in [4.78, 5) is 14.7. The van der Waals surface area contributed by atoms with Crippen molar-refractivity contribution in [1.29, 1.82) is 0 Å². The minimum absolute atomic E-state index is 0.128. The number of halogens is 1. The molecule has 0 atom stereocenters. The van der Waals surface area contributed by atoms with Gasteiger partial charge in [0, 0.05) is 18.8 Å². The molecule has 1 aliphatic rings. The van der Waals surface area contributed by atoms with Crippen LogP contribution in [-0.2, 0) is 11.3 Å². The molecule has 0 unspecified atom stereocenters. The van der Waals surface area contributed by atoms with E-state index in [4.69, 9.17) is 0 Å². The molecule has 3 aromatic rings. The van der Waals surface area contributed by atoms with Crippen molar-refractivity contribution in [3.8, 4) is 5.69 Å². The van der Waals surface area contributed by atoms with Gasteiger partial charge in [0.15, 0.2) is 0 Å². The van der Waals surface area contributed by atoms with Crippen molar-refractivity contribution >= 4 is 11.7 Å². The Morgan fingerprint density at radius 3 is 2.79 bits per heavy atom. The molecule has 1 N–H and O–H groups in total. The SMILES string of the molecule is Cc1cc(NC(=O)CN2CCC(Cn3ccnn3)CC2)n(-c2ccccc2F)n1. The molecule has 2 aromatic heterocycles. The summed E-state index contributed by atoms with van der Waals surface area (Å²) in [6, 6.07) is 8.12. The van der Waals surface area contributed by atoms with E-state index in [-0.39, 0.29) is 11.7 Å². The number of carbonyl (C=O) groups excluding carboxylic acids is 1. The third-order valence-electron chi connectivity index (χ3n) is 5.17. The molecular weight excluding hydrogens is 373 g/mol. The number of likely N-dealkylation sites (tertiary alicyclic amines) is 1. The fraction of sp³-hybridized carbons (Fsp3) is 0.400. The highest BCUT2D eigenvalue weighted by Gasteiger charge is 2.22. The number of piperidine rings is 1. The number of hydrogen-bond acceptors (Lipinski definition) is 5. The van der Waals surface area contributed by atoms with Crippen molar-refractivity contribution in [1.82, 2.24) is 29.7 Å². The number of amides is 1. The summed E-state index contributed by atoms with van der Waals surface area (Å²) in [6.45, 7) is 4.70. The van der Waals surface area contributed by atoms with Gasteiger partial charge in [-0.15, -0.1) is 5.10 Å². The van der Waals surface area contributed by atoms with Crippen LogP contribution < -0.4 is 5.32 Å². The number of nitrogens with one attached hydrogen (secondary N) is 1. The van der Waals surface area contributed by atoms with Crippen LogP contribution in [0.15, 0.2) is 42.7 Å². The lowest BCUT2D eigenvalue weighted by molar-refractivity contribution is -0.117. The van der Waals surface area contributed by atoms with Crippen LogP contribution in [0.3, 0.4) is 0 Å². The van der Waals surface area contributed by atoms with E-state index >= 15 is 0 Å². The minimum Gasteiger partial charge on any atom is -0.309 e. The van der Waals surface area contributed by atoms with Gasteiger partial charge in [-0.3, -0.25) is 14.4 Å². The highest BCUT2D eigenvalue weighted by Crippen LogP contribution is 2.21. The van der Waals surface area contributed by atoms with E-state index < -0.39 is 0 Å². The van der Waals surface area contributed by atoms with Crippen molar-refractivity contribution < 1.29 is 9.18 Å². The Labute approximate surface area is 168 Å². The third kappa shape index (κ3) is 4.68. The number of aromatic nitrogens is 5. The van der Waals surface area contributed by atoms with Crippen LogP contribution in [0.25, 0.3) is 5.69 Å². The maximum atomic E-state index is 14.2. The van der Waals surface area contributed by atoms with Crippen molar-refractivity contribution in [2.75, 3.05) is 25.0 Å². The van der Waals surface area contributed by atoms with Crippen molar-refractivity contribution in [2.45, 2.75) is 26.3 Å². The van der Waals surface area contributed by atoms with Gasteiger partial charge in [-0.1, -0.05) is 17.3 Å². The topological polar surface area (TPSA) is 80.9 Å². The van der Waals surface area contributed by atoms with E-state index in [1.165, 1.54) is 10.7 Å². The second kappa shape index (κ2) is 8.52. The lowest BCUT2D eigenvalue weighted by Gasteiger charge is -2.31. The molecule has 0 radical (unpaired) electrons. The van der Waals surface area contributed by atoms with E-state index in [9.17, 15) is 9.18 Å². The van der Waals surface area contributed by atoms with Gasteiger partial charge in [-0.2, -0.15) is 5.10 Å². The molecule has 8 nitrogen and oxygen atoms in total. The smallest absolute Gasteiger partial charge is 0.239 e.